The van der Waals surface area contributed by atoms with Gasteiger partial charge in [-0.05, 0) is 44.2 Å². The van der Waals surface area contributed by atoms with Crippen molar-refractivity contribution in [2.75, 3.05) is 25.4 Å². The fourth-order valence-corrected chi connectivity index (χ4v) is 2.74. The maximum Gasteiger partial charge on any atom is 0.220 e. The lowest BCUT2D eigenvalue weighted by molar-refractivity contribution is 0.199. The van der Waals surface area contributed by atoms with E-state index in [4.69, 9.17) is 5.73 Å². The topological polar surface area (TPSA) is 55.0 Å². The Morgan fingerprint density at radius 1 is 1.35 bits per heavy atom. The summed E-state index contributed by atoms with van der Waals surface area (Å²) in [4.78, 5) is 10.9. The van der Waals surface area contributed by atoms with Crippen molar-refractivity contribution in [1.82, 2.24) is 14.9 Å². The van der Waals surface area contributed by atoms with Gasteiger partial charge in [-0.2, -0.15) is 0 Å². The number of likely N-dealkylation sites (tertiary alicyclic amines) is 1. The lowest BCUT2D eigenvalue weighted by Gasteiger charge is -2.32. The van der Waals surface area contributed by atoms with E-state index < -0.39 is 0 Å². The molecule has 1 aliphatic carbocycles. The minimum absolute atomic E-state index is 0.404. The highest BCUT2D eigenvalue weighted by molar-refractivity contribution is 5.20. The first-order valence-electron chi connectivity index (χ1n) is 6.62. The van der Waals surface area contributed by atoms with Crippen LogP contribution >= 0.6 is 0 Å². The van der Waals surface area contributed by atoms with E-state index >= 15 is 0 Å². The van der Waals surface area contributed by atoms with Crippen molar-refractivity contribution < 1.29 is 0 Å². The Balaban J connectivity index is 1.65. The molecule has 0 radical (unpaired) electrons. The Morgan fingerprint density at radius 3 is 3.00 bits per heavy atom. The molecule has 17 heavy (non-hydrogen) atoms. The fraction of sp³-hybridized carbons (Fsp3) is 0.692. The third-order valence-electron chi connectivity index (χ3n) is 3.83. The van der Waals surface area contributed by atoms with Crippen LogP contribution in [0.25, 0.3) is 0 Å². The Hall–Kier alpha value is -1.16. The van der Waals surface area contributed by atoms with E-state index in [2.05, 4.69) is 14.9 Å². The molecule has 92 valence electrons. The summed E-state index contributed by atoms with van der Waals surface area (Å²) in [7, 11) is 0. The third kappa shape index (κ3) is 2.75. The summed E-state index contributed by atoms with van der Waals surface area (Å²) in [5.41, 5.74) is 6.78. The van der Waals surface area contributed by atoms with Gasteiger partial charge in [-0.3, -0.25) is 0 Å². The number of nitrogens with zero attached hydrogens (tertiary/aromatic N) is 3. The average molecular weight is 232 g/mol. The van der Waals surface area contributed by atoms with Crippen LogP contribution in [-0.2, 0) is 0 Å². The van der Waals surface area contributed by atoms with Gasteiger partial charge < -0.3 is 10.6 Å². The molecular formula is C13H20N4. The van der Waals surface area contributed by atoms with Crippen molar-refractivity contribution in [2.24, 2.45) is 5.92 Å². The minimum atomic E-state index is 0.404. The van der Waals surface area contributed by atoms with Gasteiger partial charge in [0.1, 0.15) is 0 Å². The van der Waals surface area contributed by atoms with Gasteiger partial charge in [-0.1, -0.05) is 0 Å². The predicted molar refractivity (Wildman–Crippen MR) is 67.6 cm³/mol. The molecule has 2 heterocycles. The number of aromatic nitrogens is 2. The van der Waals surface area contributed by atoms with E-state index in [9.17, 15) is 0 Å². The van der Waals surface area contributed by atoms with Crippen LogP contribution in [0.1, 0.15) is 37.3 Å². The van der Waals surface area contributed by atoms with Crippen molar-refractivity contribution in [3.8, 4) is 0 Å². The first kappa shape index (κ1) is 11.0. The van der Waals surface area contributed by atoms with Gasteiger partial charge in [-0.15, -0.1) is 0 Å². The Labute approximate surface area is 102 Å². The molecule has 2 N–H and O–H groups in total. The summed E-state index contributed by atoms with van der Waals surface area (Å²) in [6.07, 6.45) is 7.15. The van der Waals surface area contributed by atoms with E-state index in [1.54, 1.807) is 6.20 Å². The van der Waals surface area contributed by atoms with Crippen LogP contribution in [0.2, 0.25) is 0 Å². The van der Waals surface area contributed by atoms with Gasteiger partial charge in [0, 0.05) is 25.2 Å². The Morgan fingerprint density at radius 2 is 2.24 bits per heavy atom. The number of anilines is 1. The fourth-order valence-electron chi connectivity index (χ4n) is 2.74. The van der Waals surface area contributed by atoms with Crippen LogP contribution in [-0.4, -0.2) is 34.5 Å². The second kappa shape index (κ2) is 4.61. The molecule has 1 saturated carbocycles. The molecule has 2 fully saturated rings. The summed E-state index contributed by atoms with van der Waals surface area (Å²) in [5, 5.41) is 0. The first-order valence-corrected chi connectivity index (χ1v) is 6.62. The van der Waals surface area contributed by atoms with Crippen LogP contribution in [0.4, 0.5) is 5.95 Å². The van der Waals surface area contributed by atoms with E-state index in [-0.39, 0.29) is 0 Å². The van der Waals surface area contributed by atoms with Crippen LogP contribution < -0.4 is 5.73 Å². The van der Waals surface area contributed by atoms with E-state index in [0.29, 0.717) is 11.9 Å². The summed E-state index contributed by atoms with van der Waals surface area (Å²) in [6.45, 7) is 3.69. The molecule has 2 aliphatic rings. The Kier molecular flexibility index (Phi) is 2.97. The Bertz CT molecular complexity index is 389. The largest absolute Gasteiger partial charge is 0.368 e. The highest BCUT2D eigenvalue weighted by atomic mass is 15.1. The molecule has 1 aromatic rings. The highest BCUT2D eigenvalue weighted by Gasteiger charge is 2.28. The molecule has 1 atom stereocenters. The molecule has 3 rings (SSSR count). The van der Waals surface area contributed by atoms with Gasteiger partial charge >= 0.3 is 0 Å². The van der Waals surface area contributed by atoms with Crippen LogP contribution in [0.5, 0.6) is 0 Å². The maximum absolute atomic E-state index is 5.65. The van der Waals surface area contributed by atoms with E-state index in [1.165, 1.54) is 38.8 Å². The molecule has 0 aromatic carbocycles. The minimum Gasteiger partial charge on any atom is -0.368 e. The summed E-state index contributed by atoms with van der Waals surface area (Å²) >= 11 is 0. The molecule has 1 aromatic heterocycles. The number of piperidine rings is 1. The zero-order valence-corrected chi connectivity index (χ0v) is 10.2. The second-order valence-corrected chi connectivity index (χ2v) is 5.38. The smallest absolute Gasteiger partial charge is 0.220 e. The zero-order valence-electron chi connectivity index (χ0n) is 10.2. The third-order valence-corrected chi connectivity index (χ3v) is 3.83. The summed E-state index contributed by atoms with van der Waals surface area (Å²) in [5.74, 6) is 1.93. The highest BCUT2D eigenvalue weighted by Crippen LogP contribution is 2.32. The van der Waals surface area contributed by atoms with Gasteiger partial charge in [0.05, 0.1) is 5.69 Å². The van der Waals surface area contributed by atoms with E-state index in [0.717, 1.165) is 18.2 Å². The number of hydrogen-bond acceptors (Lipinski definition) is 4. The van der Waals surface area contributed by atoms with Gasteiger partial charge in [0.25, 0.3) is 0 Å². The van der Waals surface area contributed by atoms with Gasteiger partial charge in [0.15, 0.2) is 0 Å². The molecule has 1 saturated heterocycles. The van der Waals surface area contributed by atoms with Crippen LogP contribution in [0.15, 0.2) is 12.3 Å². The van der Waals surface area contributed by atoms with Crippen LogP contribution in [0, 0.1) is 5.92 Å². The predicted octanol–water partition coefficient (Wildman–Crippen LogP) is 1.65. The lowest BCUT2D eigenvalue weighted by Crippen LogP contribution is -2.36. The summed E-state index contributed by atoms with van der Waals surface area (Å²) < 4.78 is 0. The second-order valence-electron chi connectivity index (χ2n) is 5.38. The van der Waals surface area contributed by atoms with Crippen molar-refractivity contribution in [1.29, 1.82) is 0 Å². The molecule has 0 amide bonds. The van der Waals surface area contributed by atoms with Gasteiger partial charge in [-0.25, -0.2) is 9.97 Å². The summed E-state index contributed by atoms with van der Waals surface area (Å²) in [6, 6.07) is 2.02. The maximum atomic E-state index is 5.65. The van der Waals surface area contributed by atoms with E-state index in [1.807, 2.05) is 6.07 Å². The lowest BCUT2D eigenvalue weighted by atomic mass is 9.94. The average Bonchev–Trinajstić information content (AvgIpc) is 3.13. The SMILES string of the molecule is Nc1nccc([C@@H]2CCCN(CC3CC3)C2)n1. The van der Waals surface area contributed by atoms with Crippen molar-refractivity contribution in [2.45, 2.75) is 31.6 Å². The van der Waals surface area contributed by atoms with Crippen LogP contribution in [0.3, 0.4) is 0 Å². The number of nitrogens with two attached hydrogens (primary N) is 1. The number of nitrogen functional groups attached to an aromatic ring is 1. The molecule has 0 spiro atoms. The first-order chi connectivity index (χ1) is 8.31. The quantitative estimate of drug-likeness (QED) is 0.861. The van der Waals surface area contributed by atoms with Crippen molar-refractivity contribution >= 4 is 5.95 Å². The molecule has 0 unspecified atom stereocenters. The zero-order chi connectivity index (χ0) is 11.7. The molecule has 0 bridgehead atoms. The number of hydrogen-bond donors (Lipinski definition) is 1. The molecule has 1 aliphatic heterocycles. The number of rotatable bonds is 3. The van der Waals surface area contributed by atoms with Gasteiger partial charge in [0.2, 0.25) is 5.95 Å². The molecular weight excluding hydrogens is 212 g/mol. The standard InChI is InChI=1S/C13H20N4/c14-13-15-6-5-12(16-13)11-2-1-7-17(9-11)8-10-3-4-10/h5-6,10-11H,1-4,7-9H2,(H2,14,15,16)/t11-/m1/s1. The molecule has 4 nitrogen and oxygen atoms in total. The van der Waals surface area contributed by atoms with Crippen molar-refractivity contribution in [3.05, 3.63) is 18.0 Å². The van der Waals surface area contributed by atoms with Crippen molar-refractivity contribution in [3.63, 3.8) is 0 Å². The molecule has 4 heteroatoms. The monoisotopic (exact) mass is 232 g/mol. The normalized spacial score (nSPS) is 26.0.